The van der Waals surface area contributed by atoms with Crippen molar-refractivity contribution in [3.63, 3.8) is 0 Å². The molecule has 4 rings (SSSR count). The molecule has 0 bridgehead atoms. The minimum Gasteiger partial charge on any atom is -0.268 e. The highest BCUT2D eigenvalue weighted by atomic mass is 19.1. The smallest absolute Gasteiger partial charge is 0.123 e. The molecule has 1 heterocycles. The molecule has 0 amide bonds. The third kappa shape index (κ3) is 3.83. The SMILES string of the molecule is CCc1c(-c2ccccc2)c(-c2ccc(F)cc2)nn1CC1CC[CH]CC1. The molecule has 0 aliphatic heterocycles. The average molecular weight is 361 g/mol. The fraction of sp³-hybridized carbons (Fsp3) is 0.333. The molecule has 2 nitrogen and oxygen atoms in total. The Morgan fingerprint density at radius 3 is 2.33 bits per heavy atom. The predicted octanol–water partition coefficient (Wildman–Crippen LogP) is 6.31. The van der Waals surface area contributed by atoms with Gasteiger partial charge in [0.05, 0.1) is 0 Å². The summed E-state index contributed by atoms with van der Waals surface area (Å²) in [5.74, 6) is 0.471. The van der Waals surface area contributed by atoms with Crippen LogP contribution in [-0.2, 0) is 13.0 Å². The van der Waals surface area contributed by atoms with Gasteiger partial charge in [-0.2, -0.15) is 5.10 Å². The van der Waals surface area contributed by atoms with E-state index in [0.29, 0.717) is 5.92 Å². The maximum absolute atomic E-state index is 13.5. The summed E-state index contributed by atoms with van der Waals surface area (Å²) < 4.78 is 15.7. The van der Waals surface area contributed by atoms with Crippen molar-refractivity contribution in [1.82, 2.24) is 9.78 Å². The third-order valence-corrected chi connectivity index (χ3v) is 5.56. The van der Waals surface area contributed by atoms with Crippen molar-refractivity contribution in [3.8, 4) is 22.4 Å². The molecule has 2 aromatic carbocycles. The van der Waals surface area contributed by atoms with Gasteiger partial charge in [-0.3, -0.25) is 4.68 Å². The zero-order chi connectivity index (χ0) is 18.6. The van der Waals surface area contributed by atoms with Gasteiger partial charge in [0.25, 0.3) is 0 Å². The van der Waals surface area contributed by atoms with E-state index in [1.807, 2.05) is 18.2 Å². The lowest BCUT2D eigenvalue weighted by molar-refractivity contribution is 0.336. The number of rotatable bonds is 5. The normalized spacial score (nSPS) is 15.2. The minimum atomic E-state index is -0.214. The van der Waals surface area contributed by atoms with Crippen LogP contribution in [0.2, 0.25) is 0 Å². The molecular weight excluding hydrogens is 335 g/mol. The van der Waals surface area contributed by atoms with Crippen LogP contribution in [0.1, 0.15) is 38.3 Å². The van der Waals surface area contributed by atoms with Crippen molar-refractivity contribution < 1.29 is 4.39 Å². The molecule has 0 atom stereocenters. The summed E-state index contributed by atoms with van der Waals surface area (Å²) in [5, 5.41) is 5.04. The molecule has 1 aliphatic carbocycles. The Bertz CT molecular complexity index is 875. The van der Waals surface area contributed by atoms with Crippen LogP contribution in [0, 0.1) is 18.2 Å². The number of nitrogens with zero attached hydrogens (tertiary/aromatic N) is 2. The van der Waals surface area contributed by atoms with Gasteiger partial charge in [0.15, 0.2) is 0 Å². The number of halogens is 1. The summed E-state index contributed by atoms with van der Waals surface area (Å²) in [5.41, 5.74) is 5.57. The zero-order valence-electron chi connectivity index (χ0n) is 15.9. The van der Waals surface area contributed by atoms with Gasteiger partial charge in [-0.15, -0.1) is 0 Å². The van der Waals surface area contributed by atoms with E-state index in [1.54, 1.807) is 0 Å². The summed E-state index contributed by atoms with van der Waals surface area (Å²) in [6.45, 7) is 3.17. The predicted molar refractivity (Wildman–Crippen MR) is 109 cm³/mol. The van der Waals surface area contributed by atoms with Crippen LogP contribution >= 0.6 is 0 Å². The van der Waals surface area contributed by atoms with Crippen molar-refractivity contribution in [3.05, 3.63) is 72.5 Å². The Morgan fingerprint density at radius 1 is 0.963 bits per heavy atom. The molecule has 1 aromatic heterocycles. The second-order valence-electron chi connectivity index (χ2n) is 7.39. The first-order valence-corrected chi connectivity index (χ1v) is 9.99. The highest BCUT2D eigenvalue weighted by Crippen LogP contribution is 2.36. The van der Waals surface area contributed by atoms with Crippen LogP contribution in [0.3, 0.4) is 0 Å². The monoisotopic (exact) mass is 361 g/mol. The first-order chi connectivity index (χ1) is 13.3. The van der Waals surface area contributed by atoms with E-state index in [2.05, 4.69) is 42.3 Å². The van der Waals surface area contributed by atoms with E-state index in [1.165, 1.54) is 54.6 Å². The van der Waals surface area contributed by atoms with Gasteiger partial charge in [0.1, 0.15) is 11.5 Å². The maximum atomic E-state index is 13.5. The number of hydrogen-bond acceptors (Lipinski definition) is 1. The van der Waals surface area contributed by atoms with Crippen LogP contribution in [0.25, 0.3) is 22.4 Å². The lowest BCUT2D eigenvalue weighted by Crippen LogP contribution is -2.17. The van der Waals surface area contributed by atoms with Crippen LogP contribution in [0.5, 0.6) is 0 Å². The second kappa shape index (κ2) is 8.08. The molecular formula is C24H26FN2. The molecule has 0 saturated heterocycles. The van der Waals surface area contributed by atoms with Crippen molar-refractivity contribution in [1.29, 1.82) is 0 Å². The first-order valence-electron chi connectivity index (χ1n) is 9.99. The van der Waals surface area contributed by atoms with Crippen molar-refractivity contribution >= 4 is 0 Å². The van der Waals surface area contributed by atoms with Crippen LogP contribution in [-0.4, -0.2) is 9.78 Å². The van der Waals surface area contributed by atoms with Gasteiger partial charge in [-0.05, 0) is 74.3 Å². The van der Waals surface area contributed by atoms with E-state index in [9.17, 15) is 4.39 Å². The molecule has 0 N–H and O–H groups in total. The van der Waals surface area contributed by atoms with E-state index >= 15 is 0 Å². The lowest BCUT2D eigenvalue weighted by atomic mass is 9.89. The number of benzene rings is 2. The van der Waals surface area contributed by atoms with Gasteiger partial charge < -0.3 is 0 Å². The van der Waals surface area contributed by atoms with Gasteiger partial charge in [0.2, 0.25) is 0 Å². The fourth-order valence-electron chi connectivity index (χ4n) is 4.15. The molecule has 1 radical (unpaired) electrons. The van der Waals surface area contributed by atoms with Crippen molar-refractivity contribution in [2.75, 3.05) is 0 Å². The molecule has 1 aliphatic rings. The lowest BCUT2D eigenvalue weighted by Gasteiger charge is -2.22. The second-order valence-corrected chi connectivity index (χ2v) is 7.39. The van der Waals surface area contributed by atoms with Gasteiger partial charge in [0, 0.05) is 23.4 Å². The summed E-state index contributed by atoms with van der Waals surface area (Å²) in [6.07, 6.45) is 8.25. The summed E-state index contributed by atoms with van der Waals surface area (Å²) in [7, 11) is 0. The highest BCUT2D eigenvalue weighted by Gasteiger charge is 2.22. The summed E-state index contributed by atoms with van der Waals surface area (Å²) >= 11 is 0. The zero-order valence-corrected chi connectivity index (χ0v) is 15.9. The van der Waals surface area contributed by atoms with Gasteiger partial charge >= 0.3 is 0 Å². The molecule has 3 heteroatoms. The average Bonchev–Trinajstić information content (AvgIpc) is 3.08. The van der Waals surface area contributed by atoms with Crippen LogP contribution in [0.15, 0.2) is 54.6 Å². The summed E-state index contributed by atoms with van der Waals surface area (Å²) in [6, 6.07) is 17.2. The standard InChI is InChI=1S/C24H26FN2/c1-2-22-23(19-11-7-4-8-12-19)24(20-13-15-21(25)16-14-20)26-27(22)17-18-9-5-3-6-10-18/h3-4,7-8,11-16,18H,2,5-6,9-10,17H2,1H3. The van der Waals surface area contributed by atoms with Gasteiger partial charge in [-0.25, -0.2) is 4.39 Å². The summed E-state index contributed by atoms with van der Waals surface area (Å²) in [4.78, 5) is 0. The molecule has 1 fully saturated rings. The Hall–Kier alpha value is -2.42. The number of hydrogen-bond donors (Lipinski definition) is 0. The minimum absolute atomic E-state index is 0.214. The van der Waals surface area contributed by atoms with Crippen molar-refractivity contribution in [2.24, 2.45) is 5.92 Å². The van der Waals surface area contributed by atoms with Crippen molar-refractivity contribution in [2.45, 2.75) is 45.6 Å². The maximum Gasteiger partial charge on any atom is 0.123 e. The van der Waals surface area contributed by atoms with E-state index < -0.39 is 0 Å². The highest BCUT2D eigenvalue weighted by molar-refractivity contribution is 5.82. The molecule has 0 spiro atoms. The Kier molecular flexibility index (Phi) is 5.38. The van der Waals surface area contributed by atoms with E-state index in [-0.39, 0.29) is 5.82 Å². The molecule has 27 heavy (non-hydrogen) atoms. The van der Waals surface area contributed by atoms with Gasteiger partial charge in [-0.1, -0.05) is 37.3 Å². The van der Waals surface area contributed by atoms with Crippen LogP contribution < -0.4 is 0 Å². The topological polar surface area (TPSA) is 17.8 Å². The molecule has 0 unspecified atom stereocenters. The number of aromatic nitrogens is 2. The fourth-order valence-corrected chi connectivity index (χ4v) is 4.15. The Morgan fingerprint density at radius 2 is 1.67 bits per heavy atom. The largest absolute Gasteiger partial charge is 0.268 e. The molecule has 139 valence electrons. The van der Waals surface area contributed by atoms with E-state index in [4.69, 9.17) is 5.10 Å². The van der Waals surface area contributed by atoms with E-state index in [0.717, 1.165) is 24.2 Å². The third-order valence-electron chi connectivity index (χ3n) is 5.56. The molecule has 3 aromatic rings. The Balaban J connectivity index is 1.81. The van der Waals surface area contributed by atoms with Crippen LogP contribution in [0.4, 0.5) is 4.39 Å². The quantitative estimate of drug-likeness (QED) is 0.520. The first kappa shape index (κ1) is 18.0. The Labute approximate surface area is 161 Å². The molecule has 1 saturated carbocycles.